The highest BCUT2D eigenvalue weighted by Crippen LogP contribution is 2.39. The van der Waals surface area contributed by atoms with Crippen LogP contribution in [0.25, 0.3) is 10.8 Å². The standard InChI is InChI=1S/C22H26N2O3S/c25-22(17-8-2-1-3-9-17)24-18-13-19(24)15-23(14-18)28(26,27)21-12-6-10-16-7-4-5-11-20(16)21/h4-7,10-12,17-19H,1-3,8-9,13-15H2/t18-,19+. The van der Waals surface area contributed by atoms with Crippen LogP contribution >= 0.6 is 0 Å². The molecule has 0 aromatic heterocycles. The quantitative estimate of drug-likeness (QED) is 0.796. The van der Waals surface area contributed by atoms with Gasteiger partial charge in [0, 0.05) is 36.5 Å². The second-order valence-electron chi connectivity index (χ2n) is 8.42. The first-order valence-corrected chi connectivity index (χ1v) is 11.8. The van der Waals surface area contributed by atoms with Gasteiger partial charge in [-0.15, -0.1) is 0 Å². The van der Waals surface area contributed by atoms with Crippen molar-refractivity contribution in [2.45, 2.75) is 55.5 Å². The number of hydrogen-bond acceptors (Lipinski definition) is 3. The summed E-state index contributed by atoms with van der Waals surface area (Å²) in [7, 11) is -3.57. The number of carbonyl (C=O) groups is 1. The summed E-state index contributed by atoms with van der Waals surface area (Å²) in [5.41, 5.74) is 0. The van der Waals surface area contributed by atoms with E-state index in [0.29, 0.717) is 18.0 Å². The summed E-state index contributed by atoms with van der Waals surface area (Å²) < 4.78 is 28.3. The summed E-state index contributed by atoms with van der Waals surface area (Å²) in [6, 6.07) is 13.1. The molecule has 3 saturated heterocycles. The van der Waals surface area contributed by atoms with E-state index in [1.165, 1.54) is 6.42 Å². The van der Waals surface area contributed by atoms with E-state index < -0.39 is 10.0 Å². The van der Waals surface area contributed by atoms with Crippen molar-refractivity contribution in [2.75, 3.05) is 13.1 Å². The van der Waals surface area contributed by atoms with E-state index in [1.807, 2.05) is 35.2 Å². The zero-order valence-corrected chi connectivity index (χ0v) is 16.8. The highest BCUT2D eigenvalue weighted by atomic mass is 32.2. The first-order chi connectivity index (χ1) is 13.6. The Bertz CT molecular complexity index is 996. The van der Waals surface area contributed by atoms with Gasteiger partial charge in [0.05, 0.1) is 4.90 Å². The number of rotatable bonds is 3. The zero-order valence-electron chi connectivity index (χ0n) is 16.0. The van der Waals surface area contributed by atoms with Crippen molar-refractivity contribution in [3.8, 4) is 0 Å². The highest BCUT2D eigenvalue weighted by molar-refractivity contribution is 7.89. The summed E-state index contributed by atoms with van der Waals surface area (Å²) in [6.07, 6.45) is 6.43. The third-order valence-corrected chi connectivity index (χ3v) is 8.63. The van der Waals surface area contributed by atoms with Crippen molar-refractivity contribution in [3.63, 3.8) is 0 Å². The molecule has 0 spiro atoms. The average molecular weight is 399 g/mol. The Hall–Kier alpha value is -1.92. The van der Waals surface area contributed by atoms with Crippen LogP contribution in [0.1, 0.15) is 38.5 Å². The van der Waals surface area contributed by atoms with Crippen molar-refractivity contribution >= 4 is 26.7 Å². The van der Waals surface area contributed by atoms with Crippen molar-refractivity contribution in [1.82, 2.24) is 9.21 Å². The normalized spacial score (nSPS) is 26.2. The minimum Gasteiger partial charge on any atom is -0.334 e. The van der Waals surface area contributed by atoms with Gasteiger partial charge in [0.1, 0.15) is 0 Å². The largest absolute Gasteiger partial charge is 0.334 e. The number of sulfonamides is 1. The van der Waals surface area contributed by atoms with Crippen LogP contribution in [0.5, 0.6) is 0 Å². The van der Waals surface area contributed by atoms with Gasteiger partial charge < -0.3 is 4.90 Å². The fraction of sp³-hybridized carbons (Fsp3) is 0.500. The van der Waals surface area contributed by atoms with Crippen LogP contribution in [0.15, 0.2) is 47.4 Å². The maximum atomic E-state index is 13.4. The molecule has 4 aliphatic rings. The number of piperidine rings is 1. The Labute approximate surface area is 166 Å². The number of piperazine rings is 1. The van der Waals surface area contributed by atoms with Crippen molar-refractivity contribution in [2.24, 2.45) is 5.92 Å². The smallest absolute Gasteiger partial charge is 0.243 e. The molecule has 1 saturated carbocycles. The molecule has 5 nitrogen and oxygen atoms in total. The van der Waals surface area contributed by atoms with E-state index in [1.54, 1.807) is 16.4 Å². The molecule has 148 valence electrons. The molecular formula is C22H26N2O3S. The number of amides is 1. The van der Waals surface area contributed by atoms with E-state index in [9.17, 15) is 13.2 Å². The molecule has 1 aliphatic carbocycles. The lowest BCUT2D eigenvalue weighted by molar-refractivity contribution is -0.156. The molecule has 3 heterocycles. The molecular weight excluding hydrogens is 372 g/mol. The van der Waals surface area contributed by atoms with Crippen LogP contribution in [-0.2, 0) is 14.8 Å². The van der Waals surface area contributed by atoms with Crippen LogP contribution < -0.4 is 0 Å². The Balaban J connectivity index is 1.37. The molecule has 28 heavy (non-hydrogen) atoms. The van der Waals surface area contributed by atoms with E-state index in [2.05, 4.69) is 0 Å². The molecule has 2 aromatic carbocycles. The zero-order chi connectivity index (χ0) is 19.3. The highest BCUT2D eigenvalue weighted by Gasteiger charge is 2.51. The average Bonchev–Trinajstić information content (AvgIpc) is 2.74. The summed E-state index contributed by atoms with van der Waals surface area (Å²) >= 11 is 0. The molecule has 0 radical (unpaired) electrons. The molecule has 3 aliphatic heterocycles. The molecule has 4 fully saturated rings. The van der Waals surface area contributed by atoms with Crippen LogP contribution in [0.3, 0.4) is 0 Å². The Morgan fingerprint density at radius 1 is 0.893 bits per heavy atom. The Kier molecular flexibility index (Phi) is 4.43. The summed E-state index contributed by atoms with van der Waals surface area (Å²) in [4.78, 5) is 15.3. The molecule has 1 amide bonds. The maximum absolute atomic E-state index is 13.4. The molecule has 2 atom stereocenters. The number of hydrogen-bond donors (Lipinski definition) is 0. The minimum atomic E-state index is -3.57. The third-order valence-electron chi connectivity index (χ3n) is 6.74. The summed E-state index contributed by atoms with van der Waals surface area (Å²) in [5, 5.41) is 1.69. The van der Waals surface area contributed by atoms with Crippen molar-refractivity contribution in [3.05, 3.63) is 42.5 Å². The minimum absolute atomic E-state index is 0.0397. The van der Waals surface area contributed by atoms with Gasteiger partial charge in [-0.3, -0.25) is 4.79 Å². The van der Waals surface area contributed by atoms with Gasteiger partial charge in [-0.25, -0.2) is 8.42 Å². The lowest BCUT2D eigenvalue weighted by Crippen LogP contribution is -2.71. The maximum Gasteiger partial charge on any atom is 0.243 e. The number of carbonyl (C=O) groups excluding carboxylic acids is 1. The van der Waals surface area contributed by atoms with Crippen LogP contribution in [0.2, 0.25) is 0 Å². The van der Waals surface area contributed by atoms with Gasteiger partial charge in [-0.1, -0.05) is 55.7 Å². The van der Waals surface area contributed by atoms with Crippen molar-refractivity contribution < 1.29 is 13.2 Å². The predicted octanol–water partition coefficient (Wildman–Crippen LogP) is 3.39. The van der Waals surface area contributed by atoms with E-state index in [4.69, 9.17) is 0 Å². The lowest BCUT2D eigenvalue weighted by atomic mass is 9.83. The second kappa shape index (κ2) is 6.85. The molecule has 0 N–H and O–H groups in total. The van der Waals surface area contributed by atoms with Gasteiger partial charge >= 0.3 is 0 Å². The molecule has 2 aromatic rings. The van der Waals surface area contributed by atoms with E-state index in [-0.39, 0.29) is 23.9 Å². The molecule has 6 rings (SSSR count). The monoisotopic (exact) mass is 398 g/mol. The number of benzene rings is 2. The van der Waals surface area contributed by atoms with Crippen LogP contribution in [-0.4, -0.2) is 48.7 Å². The van der Waals surface area contributed by atoms with Crippen LogP contribution in [0.4, 0.5) is 0 Å². The predicted molar refractivity (Wildman–Crippen MR) is 108 cm³/mol. The Morgan fingerprint density at radius 2 is 1.57 bits per heavy atom. The third kappa shape index (κ3) is 2.85. The van der Waals surface area contributed by atoms with Gasteiger partial charge in [0.15, 0.2) is 0 Å². The van der Waals surface area contributed by atoms with E-state index in [0.717, 1.165) is 42.9 Å². The number of fused-ring (bicyclic) bond motifs is 3. The topological polar surface area (TPSA) is 57.7 Å². The van der Waals surface area contributed by atoms with Crippen molar-refractivity contribution in [1.29, 1.82) is 0 Å². The molecule has 2 bridgehead atoms. The first kappa shape index (κ1) is 18.1. The van der Waals surface area contributed by atoms with Gasteiger partial charge in [-0.05, 0) is 30.7 Å². The van der Waals surface area contributed by atoms with Gasteiger partial charge in [0.2, 0.25) is 15.9 Å². The van der Waals surface area contributed by atoms with Crippen LogP contribution in [0, 0.1) is 5.92 Å². The van der Waals surface area contributed by atoms with E-state index >= 15 is 0 Å². The fourth-order valence-electron chi connectivity index (χ4n) is 5.25. The lowest BCUT2D eigenvalue weighted by Gasteiger charge is -2.56. The van der Waals surface area contributed by atoms with Gasteiger partial charge in [0.25, 0.3) is 0 Å². The second-order valence-corrected chi connectivity index (χ2v) is 10.3. The SMILES string of the molecule is O=C(C1CCCCC1)N1[C@@H]2C[C@H]1CN(S(=O)(=O)c1cccc3ccccc13)C2. The Morgan fingerprint density at radius 3 is 2.32 bits per heavy atom. The van der Waals surface area contributed by atoms with Gasteiger partial charge in [-0.2, -0.15) is 4.31 Å². The summed E-state index contributed by atoms with van der Waals surface area (Å²) in [6.45, 7) is 0.834. The molecule has 0 unspecified atom stereocenters. The molecule has 6 heteroatoms. The first-order valence-electron chi connectivity index (χ1n) is 10.4. The fourth-order valence-corrected chi connectivity index (χ4v) is 6.98. The number of nitrogens with zero attached hydrogens (tertiary/aromatic N) is 2. The summed E-state index contributed by atoms with van der Waals surface area (Å²) in [5.74, 6) is 0.420.